The molecule has 0 aliphatic heterocycles. The van der Waals surface area contributed by atoms with E-state index in [0.29, 0.717) is 11.7 Å². The van der Waals surface area contributed by atoms with Crippen molar-refractivity contribution in [2.75, 3.05) is 5.32 Å². The van der Waals surface area contributed by atoms with Crippen molar-refractivity contribution < 1.29 is 0 Å². The normalized spacial score (nSPS) is 11.4. The SMILES string of the molecule is CC(C)c1nnc(Nc2ccc3ncc(-c4cn(C)nc4-c4cccnc4)cc3n2)s1. The summed E-state index contributed by atoms with van der Waals surface area (Å²) in [5.41, 5.74) is 5.36. The minimum Gasteiger partial charge on any atom is -0.315 e. The van der Waals surface area contributed by atoms with Crippen LogP contribution < -0.4 is 5.32 Å². The predicted octanol–water partition coefficient (Wildman–Crippen LogP) is 4.81. The summed E-state index contributed by atoms with van der Waals surface area (Å²) >= 11 is 1.54. The summed E-state index contributed by atoms with van der Waals surface area (Å²) in [6, 6.07) is 9.79. The van der Waals surface area contributed by atoms with Gasteiger partial charge in [0, 0.05) is 54.4 Å². The van der Waals surface area contributed by atoms with E-state index in [-0.39, 0.29) is 0 Å². The van der Waals surface area contributed by atoms with Crippen molar-refractivity contribution in [1.82, 2.24) is 34.9 Å². The predicted molar refractivity (Wildman–Crippen MR) is 122 cm³/mol. The molecule has 0 saturated carbocycles. The van der Waals surface area contributed by atoms with E-state index >= 15 is 0 Å². The van der Waals surface area contributed by atoms with Crippen molar-refractivity contribution in [3.05, 3.63) is 60.1 Å². The van der Waals surface area contributed by atoms with E-state index in [9.17, 15) is 0 Å². The molecule has 0 atom stereocenters. The Labute approximate surface area is 183 Å². The highest BCUT2D eigenvalue weighted by atomic mass is 32.1. The topological polar surface area (TPSA) is 94.3 Å². The summed E-state index contributed by atoms with van der Waals surface area (Å²) in [7, 11) is 1.91. The first-order chi connectivity index (χ1) is 15.1. The van der Waals surface area contributed by atoms with Gasteiger partial charge >= 0.3 is 0 Å². The third-order valence-corrected chi connectivity index (χ3v) is 5.92. The molecule has 5 aromatic heterocycles. The minimum absolute atomic E-state index is 0.345. The van der Waals surface area contributed by atoms with E-state index in [4.69, 9.17) is 4.98 Å². The van der Waals surface area contributed by atoms with Crippen LogP contribution in [0.5, 0.6) is 0 Å². The number of hydrogen-bond acceptors (Lipinski definition) is 8. The third kappa shape index (κ3) is 3.87. The summed E-state index contributed by atoms with van der Waals surface area (Å²) in [5, 5.41) is 18.0. The van der Waals surface area contributed by atoms with Crippen LogP contribution in [0.2, 0.25) is 0 Å². The van der Waals surface area contributed by atoms with Crippen molar-refractivity contribution in [3.8, 4) is 22.4 Å². The summed E-state index contributed by atoms with van der Waals surface area (Å²) in [6.45, 7) is 4.20. The Morgan fingerprint density at radius 3 is 2.71 bits per heavy atom. The van der Waals surface area contributed by atoms with Crippen LogP contribution in [0.4, 0.5) is 10.9 Å². The second-order valence-corrected chi connectivity index (χ2v) is 8.50. The van der Waals surface area contributed by atoms with Crippen molar-refractivity contribution in [2.45, 2.75) is 19.8 Å². The van der Waals surface area contributed by atoms with Crippen molar-refractivity contribution in [2.24, 2.45) is 7.05 Å². The van der Waals surface area contributed by atoms with Crippen LogP contribution in [0.25, 0.3) is 33.4 Å². The lowest BCUT2D eigenvalue weighted by atomic mass is 10.0. The van der Waals surface area contributed by atoms with Gasteiger partial charge < -0.3 is 5.32 Å². The zero-order valence-corrected chi connectivity index (χ0v) is 18.1. The van der Waals surface area contributed by atoms with E-state index in [2.05, 4.69) is 44.4 Å². The van der Waals surface area contributed by atoms with Crippen LogP contribution in [0.1, 0.15) is 24.8 Å². The van der Waals surface area contributed by atoms with Gasteiger partial charge in [0.1, 0.15) is 16.5 Å². The Kier molecular flexibility index (Phi) is 4.87. The first-order valence-corrected chi connectivity index (χ1v) is 10.7. The van der Waals surface area contributed by atoms with Crippen molar-refractivity contribution >= 4 is 33.3 Å². The molecule has 8 nitrogen and oxygen atoms in total. The number of nitrogens with one attached hydrogen (secondary N) is 1. The maximum atomic E-state index is 4.75. The van der Waals surface area contributed by atoms with E-state index in [0.717, 1.165) is 43.6 Å². The lowest BCUT2D eigenvalue weighted by molar-refractivity contribution is 0.771. The van der Waals surface area contributed by atoms with Gasteiger partial charge in [-0.2, -0.15) is 5.10 Å². The Bertz CT molecular complexity index is 1360. The lowest BCUT2D eigenvalue weighted by Gasteiger charge is -2.06. The molecule has 1 N–H and O–H groups in total. The van der Waals surface area contributed by atoms with Crippen molar-refractivity contribution in [1.29, 1.82) is 0 Å². The Balaban J connectivity index is 1.52. The Morgan fingerprint density at radius 2 is 1.94 bits per heavy atom. The molecule has 0 spiro atoms. The molecule has 0 bridgehead atoms. The molecule has 5 heterocycles. The molecule has 0 radical (unpaired) electrons. The molecule has 0 fully saturated rings. The standard InChI is InChI=1S/C22H20N8S/c1-13(2)21-27-28-22(31-21)26-19-7-6-17-18(25-19)9-15(11-24-17)16-12-30(3)29-20(16)14-5-4-8-23-10-14/h4-13H,1-3H3,(H,25,26,28). The fourth-order valence-corrected chi connectivity index (χ4v) is 4.02. The van der Waals surface area contributed by atoms with Crippen LogP contribution in [-0.4, -0.2) is 34.9 Å². The average molecular weight is 429 g/mol. The second-order valence-electron chi connectivity index (χ2n) is 7.49. The quantitative estimate of drug-likeness (QED) is 0.429. The monoisotopic (exact) mass is 428 g/mol. The molecule has 0 saturated heterocycles. The molecule has 0 aromatic carbocycles. The van der Waals surface area contributed by atoms with Gasteiger partial charge in [0.2, 0.25) is 5.13 Å². The first kappa shape index (κ1) is 19.3. The second kappa shape index (κ2) is 7.84. The third-order valence-electron chi connectivity index (χ3n) is 4.78. The summed E-state index contributed by atoms with van der Waals surface area (Å²) in [5.74, 6) is 1.05. The molecule has 31 heavy (non-hydrogen) atoms. The van der Waals surface area contributed by atoms with Crippen LogP contribution in [0, 0.1) is 0 Å². The van der Waals surface area contributed by atoms with Crippen LogP contribution in [0.15, 0.2) is 55.1 Å². The summed E-state index contributed by atoms with van der Waals surface area (Å²) < 4.78 is 1.80. The number of hydrogen-bond donors (Lipinski definition) is 1. The molecule has 0 unspecified atom stereocenters. The van der Waals surface area contributed by atoms with Gasteiger partial charge in [-0.05, 0) is 30.3 Å². The minimum atomic E-state index is 0.345. The maximum absolute atomic E-state index is 4.75. The lowest BCUT2D eigenvalue weighted by Crippen LogP contribution is -1.94. The Hall–Kier alpha value is -3.72. The molecular weight excluding hydrogens is 408 g/mol. The van der Waals surface area contributed by atoms with Gasteiger partial charge in [-0.25, -0.2) is 4.98 Å². The van der Waals surface area contributed by atoms with Gasteiger partial charge in [-0.3, -0.25) is 14.6 Å². The van der Waals surface area contributed by atoms with Crippen LogP contribution in [0.3, 0.4) is 0 Å². The summed E-state index contributed by atoms with van der Waals surface area (Å²) in [4.78, 5) is 13.6. The Morgan fingerprint density at radius 1 is 1.03 bits per heavy atom. The number of aryl methyl sites for hydroxylation is 1. The summed E-state index contributed by atoms with van der Waals surface area (Å²) in [6.07, 6.45) is 7.41. The molecule has 154 valence electrons. The number of nitrogens with zero attached hydrogens (tertiary/aromatic N) is 7. The van der Waals surface area contributed by atoms with Gasteiger partial charge in [0.25, 0.3) is 0 Å². The number of fused-ring (bicyclic) bond motifs is 1. The van der Waals surface area contributed by atoms with Gasteiger partial charge in [-0.1, -0.05) is 25.2 Å². The van der Waals surface area contributed by atoms with E-state index < -0.39 is 0 Å². The van der Waals surface area contributed by atoms with Gasteiger partial charge in [-0.15, -0.1) is 10.2 Å². The molecule has 9 heteroatoms. The van der Waals surface area contributed by atoms with Crippen molar-refractivity contribution in [3.63, 3.8) is 0 Å². The van der Waals surface area contributed by atoms with Gasteiger partial charge in [0.15, 0.2) is 0 Å². The molecule has 0 amide bonds. The largest absolute Gasteiger partial charge is 0.315 e. The number of rotatable bonds is 5. The van der Waals surface area contributed by atoms with E-state index in [1.165, 1.54) is 11.3 Å². The smallest absolute Gasteiger partial charge is 0.211 e. The maximum Gasteiger partial charge on any atom is 0.211 e. The first-order valence-electron chi connectivity index (χ1n) is 9.88. The van der Waals surface area contributed by atoms with Crippen LogP contribution >= 0.6 is 11.3 Å². The number of anilines is 2. The average Bonchev–Trinajstić information content (AvgIpc) is 3.41. The van der Waals surface area contributed by atoms with Gasteiger partial charge in [0.05, 0.1) is 11.0 Å². The zero-order valence-electron chi connectivity index (χ0n) is 17.3. The highest BCUT2D eigenvalue weighted by Gasteiger charge is 2.14. The van der Waals surface area contributed by atoms with E-state index in [1.807, 2.05) is 56.0 Å². The molecule has 5 aromatic rings. The highest BCUT2D eigenvalue weighted by Crippen LogP contribution is 2.32. The molecule has 0 aliphatic carbocycles. The van der Waals surface area contributed by atoms with E-state index in [1.54, 1.807) is 10.9 Å². The fourth-order valence-electron chi connectivity index (χ4n) is 3.27. The molecule has 0 aliphatic rings. The zero-order chi connectivity index (χ0) is 21.4. The highest BCUT2D eigenvalue weighted by molar-refractivity contribution is 7.15. The fraction of sp³-hybridized carbons (Fsp3) is 0.182. The molecular formula is C22H20N8S. The van der Waals surface area contributed by atoms with Crippen LogP contribution in [-0.2, 0) is 7.05 Å². The number of pyridine rings is 3. The molecule has 5 rings (SSSR count). The number of aromatic nitrogens is 7.